The second-order valence-electron chi connectivity index (χ2n) is 4.31. The highest BCUT2D eigenvalue weighted by molar-refractivity contribution is 6.35. The Kier molecular flexibility index (Phi) is 3.34. The van der Waals surface area contributed by atoms with Gasteiger partial charge >= 0.3 is 0 Å². The normalized spacial score (nSPS) is 18.0. The Morgan fingerprint density at radius 3 is 2.50 bits per heavy atom. The fourth-order valence-electron chi connectivity index (χ4n) is 2.29. The van der Waals surface area contributed by atoms with Crippen LogP contribution in [0.4, 0.5) is 0 Å². The maximum absolute atomic E-state index is 6.32. The van der Waals surface area contributed by atoms with Crippen molar-refractivity contribution in [1.82, 2.24) is 0 Å². The molecule has 2 N–H and O–H groups in total. The van der Waals surface area contributed by atoms with E-state index in [-0.39, 0.29) is 5.41 Å². The van der Waals surface area contributed by atoms with Crippen molar-refractivity contribution in [3.63, 3.8) is 0 Å². The first-order valence-corrected chi connectivity index (χ1v) is 6.12. The van der Waals surface area contributed by atoms with Crippen molar-refractivity contribution in [2.45, 2.75) is 24.7 Å². The molecule has 0 amide bonds. The van der Waals surface area contributed by atoms with Crippen molar-refractivity contribution in [2.75, 3.05) is 13.7 Å². The van der Waals surface area contributed by atoms with Gasteiger partial charge in [0, 0.05) is 23.0 Å². The number of halogens is 2. The molecule has 1 aromatic carbocycles. The monoisotopic (exact) mass is 259 g/mol. The molecule has 0 aliphatic heterocycles. The molecule has 2 rings (SSSR count). The maximum atomic E-state index is 6.32. The van der Waals surface area contributed by atoms with Crippen molar-refractivity contribution in [3.05, 3.63) is 27.7 Å². The van der Waals surface area contributed by atoms with Crippen LogP contribution in [0.1, 0.15) is 24.8 Å². The third-order valence-electron chi connectivity index (χ3n) is 3.50. The van der Waals surface area contributed by atoms with Crippen LogP contribution in [0.3, 0.4) is 0 Å². The molecule has 16 heavy (non-hydrogen) atoms. The minimum absolute atomic E-state index is 0.00919. The molecule has 2 nitrogen and oxygen atoms in total. The second-order valence-corrected chi connectivity index (χ2v) is 5.12. The molecule has 0 spiro atoms. The van der Waals surface area contributed by atoms with Gasteiger partial charge in [0.25, 0.3) is 0 Å². The molecule has 1 saturated carbocycles. The van der Waals surface area contributed by atoms with Crippen LogP contribution in [-0.4, -0.2) is 13.7 Å². The standard InChI is InChI=1S/C12H15Cl2NO/c1-16-10-6-8(13)5-9(11(10)14)12(7-15)3-2-4-12/h5-6H,2-4,7,15H2,1H3. The lowest BCUT2D eigenvalue weighted by Crippen LogP contribution is -2.41. The van der Waals surface area contributed by atoms with Crippen molar-refractivity contribution in [1.29, 1.82) is 0 Å². The number of hydrogen-bond donors (Lipinski definition) is 1. The summed E-state index contributed by atoms with van der Waals surface area (Å²) in [6.07, 6.45) is 3.35. The van der Waals surface area contributed by atoms with Gasteiger partial charge in [-0.05, 0) is 24.5 Å². The summed E-state index contributed by atoms with van der Waals surface area (Å²) in [6.45, 7) is 0.607. The van der Waals surface area contributed by atoms with Gasteiger partial charge in [-0.25, -0.2) is 0 Å². The van der Waals surface area contributed by atoms with E-state index in [0.717, 1.165) is 18.4 Å². The highest BCUT2D eigenvalue weighted by Gasteiger charge is 2.39. The van der Waals surface area contributed by atoms with Gasteiger partial charge in [0.2, 0.25) is 0 Å². The molecule has 1 aromatic rings. The molecule has 0 bridgehead atoms. The molecular formula is C12H15Cl2NO. The Morgan fingerprint density at radius 1 is 1.38 bits per heavy atom. The molecule has 0 saturated heterocycles. The molecule has 0 heterocycles. The summed E-state index contributed by atoms with van der Waals surface area (Å²) >= 11 is 12.4. The Bertz CT molecular complexity index is 397. The summed E-state index contributed by atoms with van der Waals surface area (Å²) in [5, 5.41) is 1.30. The van der Waals surface area contributed by atoms with Crippen LogP contribution in [0.25, 0.3) is 0 Å². The SMILES string of the molecule is COc1cc(Cl)cc(C2(CN)CCC2)c1Cl. The zero-order chi connectivity index (χ0) is 11.8. The Labute approximate surface area is 106 Å². The van der Waals surface area contributed by atoms with E-state index in [0.29, 0.717) is 22.3 Å². The van der Waals surface area contributed by atoms with Crippen LogP contribution in [0.5, 0.6) is 5.75 Å². The number of ether oxygens (including phenoxy) is 1. The first-order valence-electron chi connectivity index (χ1n) is 5.36. The predicted octanol–water partition coefficient (Wildman–Crippen LogP) is 3.38. The topological polar surface area (TPSA) is 35.2 Å². The molecule has 0 aromatic heterocycles. The van der Waals surface area contributed by atoms with Gasteiger partial charge in [-0.2, -0.15) is 0 Å². The summed E-state index contributed by atoms with van der Waals surface area (Å²) in [4.78, 5) is 0. The van der Waals surface area contributed by atoms with Crippen LogP contribution < -0.4 is 10.5 Å². The van der Waals surface area contributed by atoms with E-state index in [1.807, 2.05) is 6.07 Å². The van der Waals surface area contributed by atoms with E-state index in [1.54, 1.807) is 13.2 Å². The van der Waals surface area contributed by atoms with Crippen LogP contribution in [0, 0.1) is 0 Å². The average Bonchev–Trinajstić information content (AvgIpc) is 2.21. The first kappa shape index (κ1) is 12.0. The van der Waals surface area contributed by atoms with Gasteiger partial charge in [-0.15, -0.1) is 0 Å². The first-order chi connectivity index (χ1) is 7.63. The quantitative estimate of drug-likeness (QED) is 0.904. The van der Waals surface area contributed by atoms with E-state index in [9.17, 15) is 0 Å². The number of benzene rings is 1. The molecule has 1 aliphatic carbocycles. The summed E-state index contributed by atoms with van der Waals surface area (Å²) in [5.41, 5.74) is 6.91. The lowest BCUT2D eigenvalue weighted by atomic mass is 9.64. The predicted molar refractivity (Wildman–Crippen MR) is 67.6 cm³/mol. The fourth-order valence-corrected chi connectivity index (χ4v) is 2.88. The van der Waals surface area contributed by atoms with Gasteiger partial charge < -0.3 is 10.5 Å². The van der Waals surface area contributed by atoms with Gasteiger partial charge in [-0.3, -0.25) is 0 Å². The molecule has 0 radical (unpaired) electrons. The zero-order valence-corrected chi connectivity index (χ0v) is 10.7. The number of nitrogens with two attached hydrogens (primary N) is 1. The van der Waals surface area contributed by atoms with E-state index in [1.165, 1.54) is 6.42 Å². The lowest BCUT2D eigenvalue weighted by Gasteiger charge is -2.42. The number of rotatable bonds is 3. The van der Waals surface area contributed by atoms with E-state index in [4.69, 9.17) is 33.7 Å². The van der Waals surface area contributed by atoms with Gasteiger partial charge in [0.15, 0.2) is 0 Å². The van der Waals surface area contributed by atoms with Crippen molar-refractivity contribution in [2.24, 2.45) is 5.73 Å². The molecule has 0 unspecified atom stereocenters. The number of methoxy groups -OCH3 is 1. The lowest BCUT2D eigenvalue weighted by molar-refractivity contribution is 0.252. The van der Waals surface area contributed by atoms with E-state index in [2.05, 4.69) is 0 Å². The Balaban J connectivity index is 2.51. The van der Waals surface area contributed by atoms with E-state index < -0.39 is 0 Å². The highest BCUT2D eigenvalue weighted by atomic mass is 35.5. The largest absolute Gasteiger partial charge is 0.495 e. The van der Waals surface area contributed by atoms with Gasteiger partial charge in [0.1, 0.15) is 5.75 Å². The minimum Gasteiger partial charge on any atom is -0.495 e. The van der Waals surface area contributed by atoms with E-state index >= 15 is 0 Å². The highest BCUT2D eigenvalue weighted by Crippen LogP contribution is 2.48. The smallest absolute Gasteiger partial charge is 0.139 e. The van der Waals surface area contributed by atoms with Crippen molar-refractivity contribution in [3.8, 4) is 5.75 Å². The van der Waals surface area contributed by atoms with Gasteiger partial charge in [-0.1, -0.05) is 29.6 Å². The fraction of sp³-hybridized carbons (Fsp3) is 0.500. The summed E-state index contributed by atoms with van der Waals surface area (Å²) in [7, 11) is 1.59. The molecule has 0 atom stereocenters. The Hall–Kier alpha value is -0.440. The van der Waals surface area contributed by atoms with Gasteiger partial charge in [0.05, 0.1) is 12.1 Å². The van der Waals surface area contributed by atoms with Crippen LogP contribution >= 0.6 is 23.2 Å². The Morgan fingerprint density at radius 2 is 2.06 bits per heavy atom. The molecule has 88 valence electrons. The number of hydrogen-bond acceptors (Lipinski definition) is 2. The van der Waals surface area contributed by atoms with Crippen LogP contribution in [0.15, 0.2) is 12.1 Å². The second kappa shape index (κ2) is 4.44. The molecule has 1 aliphatic rings. The third kappa shape index (κ3) is 1.79. The average molecular weight is 260 g/mol. The van der Waals surface area contributed by atoms with Crippen LogP contribution in [-0.2, 0) is 5.41 Å². The van der Waals surface area contributed by atoms with Crippen molar-refractivity contribution < 1.29 is 4.74 Å². The zero-order valence-electron chi connectivity index (χ0n) is 9.22. The molecular weight excluding hydrogens is 245 g/mol. The van der Waals surface area contributed by atoms with Crippen molar-refractivity contribution >= 4 is 23.2 Å². The maximum Gasteiger partial charge on any atom is 0.139 e. The molecule has 4 heteroatoms. The summed E-state index contributed by atoms with van der Waals surface area (Å²) < 4.78 is 5.22. The summed E-state index contributed by atoms with van der Waals surface area (Å²) in [5.74, 6) is 0.629. The third-order valence-corrected chi connectivity index (χ3v) is 4.10. The van der Waals surface area contributed by atoms with Crippen LogP contribution in [0.2, 0.25) is 10.0 Å². The summed E-state index contributed by atoms with van der Waals surface area (Å²) in [6, 6.07) is 3.65. The molecule has 1 fully saturated rings. The minimum atomic E-state index is 0.00919.